The molecule has 2 N–H and O–H groups in total. The number of H-pyrrole nitrogens is 1. The van der Waals surface area contributed by atoms with E-state index < -0.39 is 0 Å². The van der Waals surface area contributed by atoms with Gasteiger partial charge in [-0.3, -0.25) is 4.79 Å². The summed E-state index contributed by atoms with van der Waals surface area (Å²) in [5.41, 5.74) is 3.09. The number of carbonyl (C=O) groups is 1. The van der Waals surface area contributed by atoms with Gasteiger partial charge in [-0.2, -0.15) is 0 Å². The molecule has 0 bridgehead atoms. The molecule has 2 aromatic rings. The molecule has 1 aromatic heterocycles. The normalized spacial score (nSPS) is 15.7. The van der Waals surface area contributed by atoms with Gasteiger partial charge >= 0.3 is 0 Å². The second-order valence-electron chi connectivity index (χ2n) is 6.48. The highest BCUT2D eigenvalue weighted by Crippen LogP contribution is 2.26. The predicted molar refractivity (Wildman–Crippen MR) is 77.5 cm³/mol. The number of carbonyl (C=O) groups excluding carboxylic acids is 1. The number of hydrogen-bond donors (Lipinski definition) is 2. The van der Waals surface area contributed by atoms with Crippen molar-refractivity contribution < 1.29 is 4.79 Å². The molecule has 19 heavy (non-hydrogen) atoms. The summed E-state index contributed by atoms with van der Waals surface area (Å²) in [6, 6.07) is 8.69. The quantitative estimate of drug-likeness (QED) is 0.850. The van der Waals surface area contributed by atoms with Gasteiger partial charge in [-0.1, -0.05) is 32.9 Å². The number of fused-ring (bicyclic) bond motifs is 1. The lowest BCUT2D eigenvalue weighted by atomic mass is 9.87. The highest BCUT2D eigenvalue weighted by molar-refractivity contribution is 5.98. The van der Waals surface area contributed by atoms with E-state index in [4.69, 9.17) is 0 Å². The van der Waals surface area contributed by atoms with Crippen LogP contribution in [0.15, 0.2) is 24.3 Å². The minimum Gasteiger partial charge on any atom is -0.351 e. The third-order valence-electron chi connectivity index (χ3n) is 3.65. The average molecular weight is 256 g/mol. The molecule has 0 radical (unpaired) electrons. The summed E-state index contributed by atoms with van der Waals surface area (Å²) < 4.78 is 0. The van der Waals surface area contributed by atoms with Crippen LogP contribution in [-0.4, -0.2) is 16.9 Å². The highest BCUT2D eigenvalue weighted by Gasteiger charge is 2.24. The number of aromatic nitrogens is 1. The number of nitrogens with one attached hydrogen (secondary N) is 2. The molecule has 3 nitrogen and oxygen atoms in total. The zero-order valence-corrected chi connectivity index (χ0v) is 11.7. The standard InChI is InChI=1S/C16H20N2O/c1-16(2,3)11-5-4-10-8-14(18-13(10)9-11)15(19)17-12-6-7-12/h4-5,8-9,12,18H,6-7H2,1-3H3,(H,17,19). The summed E-state index contributed by atoms with van der Waals surface area (Å²) in [4.78, 5) is 15.2. The lowest BCUT2D eigenvalue weighted by molar-refractivity contribution is 0.0947. The summed E-state index contributed by atoms with van der Waals surface area (Å²) in [6.45, 7) is 6.58. The van der Waals surface area contributed by atoms with E-state index in [0.29, 0.717) is 11.7 Å². The van der Waals surface area contributed by atoms with E-state index in [0.717, 1.165) is 23.7 Å². The Balaban J connectivity index is 1.93. The Morgan fingerprint density at radius 1 is 1.26 bits per heavy atom. The second-order valence-corrected chi connectivity index (χ2v) is 6.48. The Labute approximate surface area is 113 Å². The highest BCUT2D eigenvalue weighted by atomic mass is 16.2. The molecule has 0 unspecified atom stereocenters. The van der Waals surface area contributed by atoms with Gasteiger partial charge in [0.15, 0.2) is 0 Å². The second kappa shape index (κ2) is 4.12. The molecule has 1 aliphatic carbocycles. The first kappa shape index (κ1) is 12.3. The van der Waals surface area contributed by atoms with E-state index in [1.54, 1.807) is 0 Å². The van der Waals surface area contributed by atoms with Gasteiger partial charge in [0.1, 0.15) is 5.69 Å². The Bertz CT molecular complexity index is 630. The van der Waals surface area contributed by atoms with Gasteiger partial charge in [-0.15, -0.1) is 0 Å². The topological polar surface area (TPSA) is 44.9 Å². The molecule has 1 amide bonds. The van der Waals surface area contributed by atoms with Crippen molar-refractivity contribution in [1.29, 1.82) is 0 Å². The Hall–Kier alpha value is -1.77. The van der Waals surface area contributed by atoms with Crippen LogP contribution < -0.4 is 5.32 Å². The zero-order valence-electron chi connectivity index (χ0n) is 11.7. The van der Waals surface area contributed by atoms with Gasteiger partial charge in [0.05, 0.1) is 0 Å². The van der Waals surface area contributed by atoms with Crippen LogP contribution >= 0.6 is 0 Å². The third kappa shape index (κ3) is 2.50. The largest absolute Gasteiger partial charge is 0.351 e. The van der Waals surface area contributed by atoms with Gasteiger partial charge in [0, 0.05) is 16.9 Å². The van der Waals surface area contributed by atoms with Gasteiger partial charge in [0.25, 0.3) is 5.91 Å². The van der Waals surface area contributed by atoms with E-state index in [1.165, 1.54) is 5.56 Å². The molecule has 100 valence electrons. The molecule has 1 fully saturated rings. The van der Waals surface area contributed by atoms with Gasteiger partial charge in [-0.05, 0) is 36.0 Å². The van der Waals surface area contributed by atoms with Crippen LogP contribution in [0, 0.1) is 0 Å². The molecular formula is C16H20N2O. The summed E-state index contributed by atoms with van der Waals surface area (Å²) in [5.74, 6) is 0.0102. The fraction of sp³-hybridized carbons (Fsp3) is 0.438. The van der Waals surface area contributed by atoms with Crippen LogP contribution in [0.1, 0.15) is 49.7 Å². The minimum atomic E-state index is 0.0102. The molecule has 0 spiro atoms. The maximum Gasteiger partial charge on any atom is 0.267 e. The molecule has 1 saturated carbocycles. The lowest BCUT2D eigenvalue weighted by Crippen LogP contribution is -2.25. The van der Waals surface area contributed by atoms with Crippen LogP contribution in [0.5, 0.6) is 0 Å². The van der Waals surface area contributed by atoms with E-state index in [1.807, 2.05) is 6.07 Å². The van der Waals surface area contributed by atoms with Gasteiger partial charge < -0.3 is 10.3 Å². The fourth-order valence-electron chi connectivity index (χ4n) is 2.21. The fourth-order valence-corrected chi connectivity index (χ4v) is 2.21. The SMILES string of the molecule is CC(C)(C)c1ccc2cc(C(=O)NC3CC3)[nH]c2c1. The van der Waals surface area contributed by atoms with Crippen molar-refractivity contribution in [2.75, 3.05) is 0 Å². The number of hydrogen-bond acceptors (Lipinski definition) is 1. The van der Waals surface area contributed by atoms with Crippen LogP contribution in [0.2, 0.25) is 0 Å². The first-order valence-electron chi connectivity index (χ1n) is 6.87. The predicted octanol–water partition coefficient (Wildman–Crippen LogP) is 3.36. The van der Waals surface area contributed by atoms with E-state index in [9.17, 15) is 4.79 Å². The molecule has 1 aromatic carbocycles. The smallest absolute Gasteiger partial charge is 0.267 e. The van der Waals surface area contributed by atoms with Crippen molar-refractivity contribution in [2.24, 2.45) is 0 Å². The summed E-state index contributed by atoms with van der Waals surface area (Å²) in [6.07, 6.45) is 2.22. The third-order valence-corrected chi connectivity index (χ3v) is 3.65. The Morgan fingerprint density at radius 2 is 2.00 bits per heavy atom. The number of rotatable bonds is 2. The van der Waals surface area contributed by atoms with Crippen molar-refractivity contribution in [3.63, 3.8) is 0 Å². The van der Waals surface area contributed by atoms with Crippen LogP contribution in [0.4, 0.5) is 0 Å². The van der Waals surface area contributed by atoms with Gasteiger partial charge in [0.2, 0.25) is 0 Å². The van der Waals surface area contributed by atoms with E-state index >= 15 is 0 Å². The van der Waals surface area contributed by atoms with E-state index in [2.05, 4.69) is 49.3 Å². The molecule has 3 rings (SSSR count). The van der Waals surface area contributed by atoms with Crippen molar-refractivity contribution in [2.45, 2.75) is 45.1 Å². The first-order valence-corrected chi connectivity index (χ1v) is 6.87. The van der Waals surface area contributed by atoms with E-state index in [-0.39, 0.29) is 11.3 Å². The van der Waals surface area contributed by atoms with Crippen molar-refractivity contribution >= 4 is 16.8 Å². The molecule has 0 atom stereocenters. The number of benzene rings is 1. The number of amides is 1. The molecular weight excluding hydrogens is 236 g/mol. The Kier molecular flexibility index (Phi) is 2.66. The van der Waals surface area contributed by atoms with Crippen LogP contribution in [-0.2, 0) is 5.41 Å². The summed E-state index contributed by atoms with van der Waals surface area (Å²) >= 11 is 0. The average Bonchev–Trinajstić information content (AvgIpc) is 3.03. The van der Waals surface area contributed by atoms with Crippen molar-refractivity contribution in [3.05, 3.63) is 35.5 Å². The molecule has 0 aliphatic heterocycles. The summed E-state index contributed by atoms with van der Waals surface area (Å²) in [5, 5.41) is 4.10. The minimum absolute atomic E-state index is 0.0102. The van der Waals surface area contributed by atoms with Crippen molar-refractivity contribution in [1.82, 2.24) is 10.3 Å². The molecule has 3 heteroatoms. The Morgan fingerprint density at radius 3 is 2.63 bits per heavy atom. The molecule has 1 aliphatic rings. The molecule has 0 saturated heterocycles. The monoisotopic (exact) mass is 256 g/mol. The summed E-state index contributed by atoms with van der Waals surface area (Å²) in [7, 11) is 0. The van der Waals surface area contributed by atoms with Gasteiger partial charge in [-0.25, -0.2) is 0 Å². The molecule has 1 heterocycles. The maximum atomic E-state index is 12.0. The zero-order chi connectivity index (χ0) is 13.6. The number of aromatic amines is 1. The first-order chi connectivity index (χ1) is 8.93. The van der Waals surface area contributed by atoms with Crippen LogP contribution in [0.3, 0.4) is 0 Å². The maximum absolute atomic E-state index is 12.0. The lowest BCUT2D eigenvalue weighted by Gasteiger charge is -2.18. The van der Waals surface area contributed by atoms with Crippen LogP contribution in [0.25, 0.3) is 10.9 Å². The van der Waals surface area contributed by atoms with Crippen molar-refractivity contribution in [3.8, 4) is 0 Å².